The number of hydrogen-bond acceptors (Lipinski definition) is 1. The lowest BCUT2D eigenvalue weighted by atomic mass is 10.6. The highest BCUT2D eigenvalue weighted by molar-refractivity contribution is 6.65. The number of halogens is 1. The summed E-state index contributed by atoms with van der Waals surface area (Å²) < 4.78 is 0. The first-order valence-electron chi connectivity index (χ1n) is 3.14. The number of aromatic amines is 1. The molecule has 3 nitrogen and oxygen atoms in total. The molecule has 58 valence electrons. The number of aliphatic imine (C=N–C) groups is 2. The standard InChI is InChI=1S/C7H8ClN3/c1-6(8)10-5-11-7-2-3-9-4-7/h2-5,9H,1H3. The predicted octanol–water partition coefficient (Wildman–Crippen LogP) is 2.33. The molecule has 0 aliphatic rings. The van der Waals surface area contributed by atoms with Crippen molar-refractivity contribution < 1.29 is 0 Å². The van der Waals surface area contributed by atoms with E-state index in [2.05, 4.69) is 15.0 Å². The van der Waals surface area contributed by atoms with Crippen LogP contribution in [0.3, 0.4) is 0 Å². The molecule has 0 spiro atoms. The Morgan fingerprint density at radius 2 is 2.55 bits per heavy atom. The van der Waals surface area contributed by atoms with E-state index in [0.717, 1.165) is 5.69 Å². The highest BCUT2D eigenvalue weighted by atomic mass is 35.5. The zero-order chi connectivity index (χ0) is 8.10. The average Bonchev–Trinajstić information content (AvgIpc) is 2.39. The number of nitrogens with one attached hydrogen (secondary N) is 1. The van der Waals surface area contributed by atoms with Crippen molar-refractivity contribution in [2.45, 2.75) is 6.92 Å². The molecule has 0 bridgehead atoms. The van der Waals surface area contributed by atoms with Gasteiger partial charge in [-0.2, -0.15) is 0 Å². The van der Waals surface area contributed by atoms with Crippen molar-refractivity contribution in [2.24, 2.45) is 9.98 Å². The van der Waals surface area contributed by atoms with Crippen LogP contribution in [0.1, 0.15) is 6.92 Å². The molecule has 0 aliphatic carbocycles. The van der Waals surface area contributed by atoms with E-state index in [4.69, 9.17) is 11.6 Å². The molecule has 1 N–H and O–H groups in total. The molecule has 4 heteroatoms. The van der Waals surface area contributed by atoms with Gasteiger partial charge >= 0.3 is 0 Å². The second-order valence-corrected chi connectivity index (χ2v) is 2.49. The molecule has 0 unspecified atom stereocenters. The normalized spacial score (nSPS) is 12.7. The van der Waals surface area contributed by atoms with Gasteiger partial charge in [-0.3, -0.25) is 0 Å². The van der Waals surface area contributed by atoms with E-state index in [1.165, 1.54) is 6.34 Å². The largest absolute Gasteiger partial charge is 0.366 e. The number of aromatic nitrogens is 1. The average molecular weight is 170 g/mol. The lowest BCUT2D eigenvalue weighted by molar-refractivity contribution is 1.40. The van der Waals surface area contributed by atoms with E-state index in [-0.39, 0.29) is 0 Å². The van der Waals surface area contributed by atoms with E-state index < -0.39 is 0 Å². The van der Waals surface area contributed by atoms with E-state index >= 15 is 0 Å². The van der Waals surface area contributed by atoms with E-state index in [0.29, 0.717) is 5.17 Å². The first-order chi connectivity index (χ1) is 5.29. The van der Waals surface area contributed by atoms with Gasteiger partial charge in [0.25, 0.3) is 0 Å². The SMILES string of the molecule is CC(Cl)=NC=Nc1cc[nH]c1. The van der Waals surface area contributed by atoms with Crippen LogP contribution < -0.4 is 0 Å². The molecule has 1 heterocycles. The van der Waals surface area contributed by atoms with E-state index in [1.807, 2.05) is 6.07 Å². The molecule has 0 fully saturated rings. The fraction of sp³-hybridized carbons (Fsp3) is 0.143. The van der Waals surface area contributed by atoms with Crippen molar-refractivity contribution in [3.63, 3.8) is 0 Å². The molecular formula is C7H8ClN3. The van der Waals surface area contributed by atoms with Crippen molar-refractivity contribution in [1.29, 1.82) is 0 Å². The molecule has 0 saturated carbocycles. The third-order valence-corrected chi connectivity index (χ3v) is 1.12. The molecule has 0 radical (unpaired) electrons. The van der Waals surface area contributed by atoms with Crippen LogP contribution in [0.25, 0.3) is 0 Å². The van der Waals surface area contributed by atoms with Crippen LogP contribution in [0.5, 0.6) is 0 Å². The topological polar surface area (TPSA) is 40.5 Å². The minimum absolute atomic E-state index is 0.476. The molecule has 0 aromatic carbocycles. The lowest BCUT2D eigenvalue weighted by Gasteiger charge is -1.80. The predicted molar refractivity (Wildman–Crippen MR) is 47.9 cm³/mol. The number of nitrogens with zero attached hydrogens (tertiary/aromatic N) is 2. The number of rotatable bonds is 2. The smallest absolute Gasteiger partial charge is 0.117 e. The minimum atomic E-state index is 0.476. The Kier molecular flexibility index (Phi) is 2.86. The number of H-pyrrole nitrogens is 1. The van der Waals surface area contributed by atoms with Crippen molar-refractivity contribution in [3.8, 4) is 0 Å². The maximum absolute atomic E-state index is 5.47. The summed E-state index contributed by atoms with van der Waals surface area (Å²) in [5, 5.41) is 0.476. The third-order valence-electron chi connectivity index (χ3n) is 1.02. The summed E-state index contributed by atoms with van der Waals surface area (Å²) in [5.41, 5.74) is 0.840. The summed E-state index contributed by atoms with van der Waals surface area (Å²) in [6.07, 6.45) is 4.99. The van der Waals surface area contributed by atoms with Crippen molar-refractivity contribution in [3.05, 3.63) is 18.5 Å². The molecule has 11 heavy (non-hydrogen) atoms. The monoisotopic (exact) mass is 169 g/mol. The molecule has 0 aliphatic heterocycles. The summed E-state index contributed by atoms with van der Waals surface area (Å²) in [6.45, 7) is 1.70. The lowest BCUT2D eigenvalue weighted by Crippen LogP contribution is -1.74. The maximum atomic E-state index is 5.47. The molecule has 1 aromatic heterocycles. The Balaban J connectivity index is 2.56. The second kappa shape index (κ2) is 3.93. The maximum Gasteiger partial charge on any atom is 0.117 e. The van der Waals surface area contributed by atoms with Gasteiger partial charge in [-0.05, 0) is 13.0 Å². The number of hydrogen-bond donors (Lipinski definition) is 1. The van der Waals surface area contributed by atoms with Gasteiger partial charge in [-0.15, -0.1) is 0 Å². The van der Waals surface area contributed by atoms with Crippen LogP contribution in [0.15, 0.2) is 28.4 Å². The minimum Gasteiger partial charge on any atom is -0.366 e. The van der Waals surface area contributed by atoms with Gasteiger partial charge in [-0.1, -0.05) is 11.6 Å². The summed E-state index contributed by atoms with van der Waals surface area (Å²) in [7, 11) is 0. The molecule has 0 saturated heterocycles. The Hall–Kier alpha value is -1.09. The Morgan fingerprint density at radius 1 is 1.73 bits per heavy atom. The van der Waals surface area contributed by atoms with Crippen LogP contribution >= 0.6 is 11.6 Å². The third kappa shape index (κ3) is 3.00. The second-order valence-electron chi connectivity index (χ2n) is 1.94. The highest BCUT2D eigenvalue weighted by Gasteiger charge is 1.82. The van der Waals surface area contributed by atoms with E-state index in [9.17, 15) is 0 Å². The van der Waals surface area contributed by atoms with Crippen LogP contribution in [-0.2, 0) is 0 Å². The van der Waals surface area contributed by atoms with Crippen LogP contribution in [0.4, 0.5) is 5.69 Å². The van der Waals surface area contributed by atoms with Crippen molar-refractivity contribution in [2.75, 3.05) is 0 Å². The first kappa shape index (κ1) is 8.01. The fourth-order valence-corrected chi connectivity index (χ4v) is 0.614. The summed E-state index contributed by atoms with van der Waals surface area (Å²) in [6, 6.07) is 1.84. The van der Waals surface area contributed by atoms with Crippen molar-refractivity contribution in [1.82, 2.24) is 4.98 Å². The van der Waals surface area contributed by atoms with Gasteiger partial charge in [0.15, 0.2) is 0 Å². The zero-order valence-electron chi connectivity index (χ0n) is 6.08. The van der Waals surface area contributed by atoms with Gasteiger partial charge < -0.3 is 4.98 Å². The van der Waals surface area contributed by atoms with Crippen LogP contribution in [0.2, 0.25) is 0 Å². The summed E-state index contributed by atoms with van der Waals surface area (Å²) >= 11 is 5.47. The highest BCUT2D eigenvalue weighted by Crippen LogP contribution is 2.06. The molecule has 0 atom stereocenters. The van der Waals surface area contributed by atoms with Gasteiger partial charge in [0.1, 0.15) is 11.5 Å². The molecule has 0 amide bonds. The quantitative estimate of drug-likeness (QED) is 0.522. The van der Waals surface area contributed by atoms with Gasteiger partial charge in [0.2, 0.25) is 0 Å². The first-order valence-corrected chi connectivity index (χ1v) is 3.52. The Bertz CT molecular complexity index is 257. The van der Waals surface area contributed by atoms with Crippen LogP contribution in [0, 0.1) is 0 Å². The Labute approximate surface area is 69.8 Å². The summed E-state index contributed by atoms with van der Waals surface area (Å²) in [4.78, 5) is 10.6. The van der Waals surface area contributed by atoms with Crippen molar-refractivity contribution >= 4 is 28.8 Å². The molecule has 1 rings (SSSR count). The molecular weight excluding hydrogens is 162 g/mol. The molecule has 1 aromatic rings. The van der Waals surface area contributed by atoms with Gasteiger partial charge in [0, 0.05) is 12.4 Å². The zero-order valence-corrected chi connectivity index (χ0v) is 6.84. The van der Waals surface area contributed by atoms with Crippen LogP contribution in [-0.4, -0.2) is 16.5 Å². The fourth-order valence-electron chi connectivity index (χ4n) is 0.570. The van der Waals surface area contributed by atoms with Gasteiger partial charge in [0.05, 0.1) is 5.69 Å². The van der Waals surface area contributed by atoms with E-state index in [1.54, 1.807) is 19.3 Å². The summed E-state index contributed by atoms with van der Waals surface area (Å²) in [5.74, 6) is 0. The Morgan fingerprint density at radius 3 is 3.09 bits per heavy atom. The van der Waals surface area contributed by atoms with Gasteiger partial charge in [-0.25, -0.2) is 9.98 Å².